The maximum absolute atomic E-state index is 10.4. The van der Waals surface area contributed by atoms with Gasteiger partial charge in [0, 0.05) is 6.08 Å². The van der Waals surface area contributed by atoms with Gasteiger partial charge in [0.2, 0.25) is 0 Å². The van der Waals surface area contributed by atoms with Crippen LogP contribution in [0.1, 0.15) is 11.1 Å². The normalized spacial score (nSPS) is 15.5. The van der Waals surface area contributed by atoms with E-state index in [0.29, 0.717) is 5.57 Å². The smallest absolute Gasteiger partial charge is 0.296 e. The van der Waals surface area contributed by atoms with Gasteiger partial charge >= 0.3 is 0 Å². The second-order valence-corrected chi connectivity index (χ2v) is 5.55. The third kappa shape index (κ3) is 4.14. The molecule has 0 aromatic heterocycles. The summed E-state index contributed by atoms with van der Waals surface area (Å²) >= 11 is 0. The van der Waals surface area contributed by atoms with Gasteiger partial charge < -0.3 is 9.47 Å². The molecule has 1 aliphatic heterocycles. The highest BCUT2D eigenvalue weighted by molar-refractivity contribution is 5.35. The van der Waals surface area contributed by atoms with E-state index >= 15 is 0 Å². The molecule has 0 atom stereocenters. The third-order valence-corrected chi connectivity index (χ3v) is 3.76. The molecule has 0 saturated heterocycles. The minimum absolute atomic E-state index is 0.243. The molecule has 1 heterocycles. The van der Waals surface area contributed by atoms with E-state index in [1.165, 1.54) is 12.3 Å². The topological polar surface area (TPSA) is 65.7 Å². The molecular weight excluding hydrogens is 316 g/mol. The number of nitrogens with zero attached hydrogens (tertiary/aromatic N) is 2. The van der Waals surface area contributed by atoms with Gasteiger partial charge in [-0.1, -0.05) is 60.7 Å². The number of hydrogen-bond acceptors (Lipinski definition) is 5. The average molecular weight is 334 g/mol. The van der Waals surface area contributed by atoms with Crippen LogP contribution < -0.4 is 0 Å². The van der Waals surface area contributed by atoms with E-state index in [0.717, 1.165) is 16.2 Å². The summed E-state index contributed by atoms with van der Waals surface area (Å²) in [4.78, 5) is 0. The SMILES string of the molecule is N#CC1=CN(O)C(OCc2ccccc2)(OCc2ccccc2)C=C1. The molecule has 2 aromatic carbocycles. The number of rotatable bonds is 6. The predicted octanol–water partition coefficient (Wildman–Crippen LogP) is 3.74. The standard InChI is InChI=1S/C20H18N2O3/c21-13-19-11-12-20(22(23)14-19,24-15-17-7-3-1-4-8-17)25-16-18-9-5-2-6-10-18/h1-12,14,23H,15-16H2. The number of hydrogen-bond donors (Lipinski definition) is 1. The first-order chi connectivity index (χ1) is 12.2. The summed E-state index contributed by atoms with van der Waals surface area (Å²) in [7, 11) is 0. The molecule has 1 N–H and O–H groups in total. The van der Waals surface area contributed by atoms with E-state index in [9.17, 15) is 5.21 Å². The Bertz CT molecular complexity index is 751. The van der Waals surface area contributed by atoms with Crippen molar-refractivity contribution >= 4 is 0 Å². The fourth-order valence-electron chi connectivity index (χ4n) is 2.39. The first-order valence-electron chi connectivity index (χ1n) is 7.87. The Hall–Kier alpha value is -2.91. The largest absolute Gasteiger partial charge is 0.323 e. The summed E-state index contributed by atoms with van der Waals surface area (Å²) in [5.41, 5.74) is 2.20. The lowest BCUT2D eigenvalue weighted by atomic mass is 10.2. The molecule has 5 nitrogen and oxygen atoms in total. The monoisotopic (exact) mass is 334 g/mol. The molecule has 1 aliphatic rings. The minimum atomic E-state index is -1.49. The van der Waals surface area contributed by atoms with Gasteiger partial charge in [0.1, 0.15) is 6.07 Å². The maximum atomic E-state index is 10.4. The van der Waals surface area contributed by atoms with Crippen molar-refractivity contribution in [3.63, 3.8) is 0 Å². The lowest BCUT2D eigenvalue weighted by Gasteiger charge is -2.37. The number of allylic oxidation sites excluding steroid dienone is 2. The molecule has 0 spiro atoms. The number of nitriles is 1. The summed E-state index contributed by atoms with van der Waals surface area (Å²) in [5, 5.41) is 20.2. The Kier molecular flexibility index (Phi) is 5.26. The average Bonchev–Trinajstić information content (AvgIpc) is 2.68. The predicted molar refractivity (Wildman–Crippen MR) is 91.7 cm³/mol. The summed E-state index contributed by atoms with van der Waals surface area (Å²) in [6.45, 7) is 0.486. The second kappa shape index (κ2) is 7.77. The van der Waals surface area contributed by atoms with Crippen LogP contribution in [-0.2, 0) is 22.7 Å². The molecule has 25 heavy (non-hydrogen) atoms. The molecule has 0 unspecified atom stereocenters. The van der Waals surface area contributed by atoms with E-state index in [2.05, 4.69) is 0 Å². The van der Waals surface area contributed by atoms with Gasteiger partial charge in [-0.3, -0.25) is 5.21 Å². The van der Waals surface area contributed by atoms with Crippen LogP contribution in [0.25, 0.3) is 0 Å². The fourth-order valence-corrected chi connectivity index (χ4v) is 2.39. The van der Waals surface area contributed by atoms with Gasteiger partial charge in [0.05, 0.1) is 25.0 Å². The molecule has 0 fully saturated rings. The van der Waals surface area contributed by atoms with Crippen LogP contribution in [0.5, 0.6) is 0 Å². The fraction of sp³-hybridized carbons (Fsp3) is 0.150. The number of ether oxygens (including phenoxy) is 2. The summed E-state index contributed by atoms with van der Waals surface area (Å²) < 4.78 is 11.8. The minimum Gasteiger partial charge on any atom is -0.323 e. The van der Waals surface area contributed by atoms with E-state index in [-0.39, 0.29) is 13.2 Å². The van der Waals surface area contributed by atoms with E-state index in [4.69, 9.17) is 14.7 Å². The number of benzene rings is 2. The first-order valence-corrected chi connectivity index (χ1v) is 7.87. The Morgan fingerprint density at radius 3 is 1.88 bits per heavy atom. The zero-order valence-corrected chi connectivity index (χ0v) is 13.6. The Labute approximate surface area is 146 Å². The Balaban J connectivity index is 1.78. The van der Waals surface area contributed by atoms with Crippen molar-refractivity contribution in [2.24, 2.45) is 0 Å². The summed E-state index contributed by atoms with van der Waals surface area (Å²) in [6.07, 6.45) is 4.40. The van der Waals surface area contributed by atoms with Crippen molar-refractivity contribution in [2.45, 2.75) is 19.1 Å². The highest BCUT2D eigenvalue weighted by Crippen LogP contribution is 2.28. The van der Waals surface area contributed by atoms with Crippen molar-refractivity contribution in [1.29, 1.82) is 5.26 Å². The van der Waals surface area contributed by atoms with Gasteiger partial charge in [-0.15, -0.1) is 0 Å². The zero-order valence-electron chi connectivity index (χ0n) is 13.6. The molecule has 0 bridgehead atoms. The van der Waals surface area contributed by atoms with Crippen molar-refractivity contribution < 1.29 is 14.7 Å². The van der Waals surface area contributed by atoms with Gasteiger partial charge in [-0.05, 0) is 17.2 Å². The molecule has 0 aliphatic carbocycles. The molecule has 2 aromatic rings. The van der Waals surface area contributed by atoms with Crippen LogP contribution in [0.2, 0.25) is 0 Å². The quantitative estimate of drug-likeness (QED) is 0.815. The highest BCUT2D eigenvalue weighted by Gasteiger charge is 2.37. The molecule has 0 amide bonds. The molecule has 0 saturated carbocycles. The van der Waals surface area contributed by atoms with Crippen LogP contribution in [0.4, 0.5) is 0 Å². The highest BCUT2D eigenvalue weighted by atomic mass is 16.8. The van der Waals surface area contributed by atoms with E-state index in [1.54, 1.807) is 6.08 Å². The summed E-state index contributed by atoms with van der Waals surface area (Å²) in [6, 6.07) is 21.2. The first kappa shape index (κ1) is 16.9. The van der Waals surface area contributed by atoms with Crippen LogP contribution in [-0.4, -0.2) is 16.2 Å². The van der Waals surface area contributed by atoms with Gasteiger partial charge in [-0.25, -0.2) is 5.06 Å². The molecule has 0 radical (unpaired) electrons. The maximum Gasteiger partial charge on any atom is 0.296 e. The Morgan fingerprint density at radius 2 is 1.44 bits per heavy atom. The van der Waals surface area contributed by atoms with Crippen LogP contribution >= 0.6 is 0 Å². The van der Waals surface area contributed by atoms with Gasteiger partial charge in [0.25, 0.3) is 5.91 Å². The second-order valence-electron chi connectivity index (χ2n) is 5.55. The van der Waals surface area contributed by atoms with Crippen molar-refractivity contribution in [1.82, 2.24) is 5.06 Å². The van der Waals surface area contributed by atoms with E-state index < -0.39 is 5.91 Å². The number of hydroxylamine groups is 2. The third-order valence-electron chi connectivity index (χ3n) is 3.76. The van der Waals surface area contributed by atoms with Gasteiger partial charge in [0.15, 0.2) is 0 Å². The van der Waals surface area contributed by atoms with Gasteiger partial charge in [-0.2, -0.15) is 5.26 Å². The van der Waals surface area contributed by atoms with Crippen LogP contribution in [0.3, 0.4) is 0 Å². The van der Waals surface area contributed by atoms with E-state index in [1.807, 2.05) is 66.7 Å². The van der Waals surface area contributed by atoms with Crippen molar-refractivity contribution in [3.8, 4) is 6.07 Å². The molecule has 126 valence electrons. The molecule has 3 rings (SSSR count). The summed E-state index contributed by atoms with van der Waals surface area (Å²) in [5.74, 6) is -1.49. The zero-order chi connectivity index (χ0) is 17.5. The lowest BCUT2D eigenvalue weighted by molar-refractivity contribution is -0.359. The van der Waals surface area contributed by atoms with Crippen molar-refractivity contribution in [2.75, 3.05) is 0 Å². The molecule has 5 heteroatoms. The Morgan fingerprint density at radius 1 is 0.920 bits per heavy atom. The lowest BCUT2D eigenvalue weighted by Crippen LogP contribution is -2.48. The van der Waals surface area contributed by atoms with Crippen molar-refractivity contribution in [3.05, 3.63) is 95.7 Å². The molecular formula is C20H18N2O3. The van der Waals surface area contributed by atoms with Crippen LogP contribution in [0.15, 0.2) is 84.6 Å². The van der Waals surface area contributed by atoms with Crippen LogP contribution in [0, 0.1) is 11.3 Å².